The lowest BCUT2D eigenvalue weighted by Crippen LogP contribution is -2.46. The van der Waals surface area contributed by atoms with Crippen molar-refractivity contribution in [2.45, 2.75) is 64.3 Å². The van der Waals surface area contributed by atoms with Gasteiger partial charge >= 0.3 is 5.97 Å². The van der Waals surface area contributed by atoms with Crippen molar-refractivity contribution in [3.8, 4) is 11.5 Å². The molecule has 0 radical (unpaired) electrons. The number of carbonyl (C=O) groups excluding carboxylic acids is 1. The number of hydrogen-bond donors (Lipinski definition) is 4. The fourth-order valence-corrected chi connectivity index (χ4v) is 5.38. The second-order valence-electron chi connectivity index (χ2n) is 11.0. The fraction of sp³-hybridized carbons (Fsp3) is 0.545. The predicted octanol–water partition coefficient (Wildman–Crippen LogP) is 4.80. The predicted molar refractivity (Wildman–Crippen MR) is 179 cm³/mol. The molecule has 0 bridgehead atoms. The fourth-order valence-electron chi connectivity index (χ4n) is 5.38. The van der Waals surface area contributed by atoms with Crippen LogP contribution < -0.4 is 20.9 Å². The molecule has 1 saturated heterocycles. The first-order chi connectivity index (χ1) is 20.9. The van der Waals surface area contributed by atoms with Gasteiger partial charge < -0.3 is 35.5 Å². The minimum atomic E-state index is -0.100. The van der Waals surface area contributed by atoms with Crippen LogP contribution in [0.25, 0.3) is 0 Å². The summed E-state index contributed by atoms with van der Waals surface area (Å²) in [4.78, 5) is 16.8. The molecule has 0 spiro atoms. The van der Waals surface area contributed by atoms with E-state index in [9.17, 15) is 4.79 Å². The highest BCUT2D eigenvalue weighted by Gasteiger charge is 2.24. The van der Waals surface area contributed by atoms with Gasteiger partial charge in [0.1, 0.15) is 23.2 Å². The summed E-state index contributed by atoms with van der Waals surface area (Å²) in [5.41, 5.74) is 12.5. The molecule has 0 aliphatic carbocycles. The molecule has 1 aliphatic rings. The maximum Gasteiger partial charge on any atom is 0.305 e. The summed E-state index contributed by atoms with van der Waals surface area (Å²) in [5, 5.41) is 15.0. The Hall–Kier alpha value is -3.34. The van der Waals surface area contributed by atoms with Gasteiger partial charge in [-0.2, -0.15) is 0 Å². The third-order valence-corrected chi connectivity index (χ3v) is 7.78. The van der Waals surface area contributed by atoms with Crippen LogP contribution in [0, 0.1) is 10.8 Å². The van der Waals surface area contributed by atoms with Crippen molar-refractivity contribution in [1.29, 1.82) is 10.8 Å². The first kappa shape index (κ1) is 36.8. The van der Waals surface area contributed by atoms with Crippen LogP contribution in [-0.4, -0.2) is 86.0 Å². The average molecular weight is 631 g/mol. The van der Waals surface area contributed by atoms with Gasteiger partial charge in [0.15, 0.2) is 0 Å². The molecule has 2 aromatic carbocycles. The molecule has 44 heavy (non-hydrogen) atoms. The molecule has 0 amide bonds. The van der Waals surface area contributed by atoms with Gasteiger partial charge in [0.05, 0.1) is 19.8 Å². The Morgan fingerprint density at radius 3 is 1.86 bits per heavy atom. The number of halogens is 1. The SMILES string of the molecule is CCOC(=O)CCCCCN(CCCOc1ccc(C(=N)N)cc1)C1CCN(CCCOc2ccc(C(=N)N)cc2)CC1.Cl. The first-order valence-corrected chi connectivity index (χ1v) is 15.6. The van der Waals surface area contributed by atoms with E-state index in [0.717, 1.165) is 89.2 Å². The van der Waals surface area contributed by atoms with Crippen LogP contribution in [0.2, 0.25) is 0 Å². The molecule has 0 saturated carbocycles. The lowest BCUT2D eigenvalue weighted by atomic mass is 10.0. The zero-order valence-electron chi connectivity index (χ0n) is 26.1. The third-order valence-electron chi connectivity index (χ3n) is 7.78. The molecule has 10 nitrogen and oxygen atoms in total. The summed E-state index contributed by atoms with van der Waals surface area (Å²) in [6.07, 6.45) is 7.63. The van der Waals surface area contributed by atoms with Gasteiger partial charge in [-0.25, -0.2) is 0 Å². The molecular formula is C33H51ClN6O4. The topological polar surface area (TPSA) is 151 Å². The summed E-state index contributed by atoms with van der Waals surface area (Å²) in [5.74, 6) is 1.62. The number of esters is 1. The zero-order valence-corrected chi connectivity index (χ0v) is 26.9. The summed E-state index contributed by atoms with van der Waals surface area (Å²) in [7, 11) is 0. The van der Waals surface area contributed by atoms with Gasteiger partial charge in [-0.3, -0.25) is 15.6 Å². The van der Waals surface area contributed by atoms with E-state index >= 15 is 0 Å². The lowest BCUT2D eigenvalue weighted by Gasteiger charge is -2.38. The Balaban J connectivity index is 0.00000675. The van der Waals surface area contributed by atoms with Crippen LogP contribution in [0.15, 0.2) is 48.5 Å². The first-order valence-electron chi connectivity index (χ1n) is 15.6. The second-order valence-corrected chi connectivity index (χ2v) is 11.0. The van der Waals surface area contributed by atoms with Gasteiger partial charge in [0.25, 0.3) is 0 Å². The molecule has 11 heteroatoms. The molecule has 0 aromatic heterocycles. The highest BCUT2D eigenvalue weighted by Crippen LogP contribution is 2.20. The lowest BCUT2D eigenvalue weighted by molar-refractivity contribution is -0.143. The Morgan fingerprint density at radius 2 is 1.34 bits per heavy atom. The number of nitrogen functional groups attached to an aromatic ring is 2. The largest absolute Gasteiger partial charge is 0.494 e. The van der Waals surface area contributed by atoms with Crippen LogP contribution in [-0.2, 0) is 9.53 Å². The summed E-state index contributed by atoms with van der Waals surface area (Å²) in [6.45, 7) is 8.76. The van der Waals surface area contributed by atoms with Crippen molar-refractivity contribution >= 4 is 30.0 Å². The number of amidine groups is 2. The van der Waals surface area contributed by atoms with E-state index in [0.29, 0.717) is 43.4 Å². The molecule has 1 fully saturated rings. The van der Waals surface area contributed by atoms with E-state index in [1.807, 2.05) is 55.5 Å². The smallest absolute Gasteiger partial charge is 0.305 e. The van der Waals surface area contributed by atoms with E-state index in [1.165, 1.54) is 0 Å². The average Bonchev–Trinajstić information content (AvgIpc) is 3.01. The number of piperidine rings is 1. The van der Waals surface area contributed by atoms with Crippen LogP contribution >= 0.6 is 12.4 Å². The molecular weight excluding hydrogens is 580 g/mol. The Bertz CT molecular complexity index is 1120. The van der Waals surface area contributed by atoms with Gasteiger partial charge in [-0.05, 0) is 114 Å². The number of nitrogens with two attached hydrogens (primary N) is 2. The number of nitrogens with one attached hydrogen (secondary N) is 2. The van der Waals surface area contributed by atoms with Crippen molar-refractivity contribution in [2.75, 3.05) is 52.5 Å². The van der Waals surface area contributed by atoms with Crippen molar-refractivity contribution in [1.82, 2.24) is 9.80 Å². The number of unbranched alkanes of at least 4 members (excludes halogenated alkanes) is 2. The van der Waals surface area contributed by atoms with Crippen LogP contribution in [0.3, 0.4) is 0 Å². The Morgan fingerprint density at radius 1 is 0.818 bits per heavy atom. The molecule has 2 aromatic rings. The number of hydrogen-bond acceptors (Lipinski definition) is 8. The van der Waals surface area contributed by atoms with E-state index in [4.69, 9.17) is 36.5 Å². The van der Waals surface area contributed by atoms with Crippen LogP contribution in [0.5, 0.6) is 11.5 Å². The molecule has 1 heterocycles. The molecule has 1 aliphatic heterocycles. The standard InChI is InChI=1S/C33H50N6O4.ClH/c1-2-41-31(40)8-4-3-5-20-39(21-7-25-43-30-15-11-27(12-16-30)33(36)37)28-17-22-38(23-18-28)19-6-24-42-29-13-9-26(10-14-29)32(34)35;/h9-16,28H,2-8,17-25H2,1H3,(H3,34,35)(H3,36,37);1H. The Labute approximate surface area is 268 Å². The molecule has 3 rings (SSSR count). The maximum absolute atomic E-state index is 11.7. The summed E-state index contributed by atoms with van der Waals surface area (Å²) >= 11 is 0. The monoisotopic (exact) mass is 630 g/mol. The maximum atomic E-state index is 11.7. The number of nitrogens with zero attached hydrogens (tertiary/aromatic N) is 2. The van der Waals surface area contributed by atoms with Gasteiger partial charge in [0, 0.05) is 36.7 Å². The number of ether oxygens (including phenoxy) is 3. The minimum Gasteiger partial charge on any atom is -0.494 e. The number of carbonyl (C=O) groups is 1. The molecule has 244 valence electrons. The number of benzene rings is 2. The van der Waals surface area contributed by atoms with E-state index < -0.39 is 0 Å². The van der Waals surface area contributed by atoms with Crippen LogP contribution in [0.1, 0.15) is 69.4 Å². The number of likely N-dealkylation sites (tertiary alicyclic amines) is 1. The second kappa shape index (κ2) is 20.6. The number of rotatable bonds is 20. The van der Waals surface area contributed by atoms with Crippen molar-refractivity contribution < 1.29 is 19.0 Å². The molecule has 0 atom stereocenters. The van der Waals surface area contributed by atoms with E-state index in [1.54, 1.807) is 0 Å². The Kier molecular flexibility index (Phi) is 17.2. The molecule has 6 N–H and O–H groups in total. The minimum absolute atomic E-state index is 0. The van der Waals surface area contributed by atoms with Gasteiger partial charge in [-0.15, -0.1) is 12.4 Å². The summed E-state index contributed by atoms with van der Waals surface area (Å²) < 4.78 is 16.9. The normalized spacial score (nSPS) is 13.7. The highest BCUT2D eigenvalue weighted by atomic mass is 35.5. The summed E-state index contributed by atoms with van der Waals surface area (Å²) in [6, 6.07) is 15.3. The van der Waals surface area contributed by atoms with Crippen molar-refractivity contribution in [3.63, 3.8) is 0 Å². The van der Waals surface area contributed by atoms with E-state index in [-0.39, 0.29) is 30.0 Å². The van der Waals surface area contributed by atoms with Crippen LogP contribution in [0.4, 0.5) is 0 Å². The quantitative estimate of drug-likeness (QED) is 0.0705. The third kappa shape index (κ3) is 13.5. The van der Waals surface area contributed by atoms with Crippen molar-refractivity contribution in [3.05, 3.63) is 59.7 Å². The zero-order chi connectivity index (χ0) is 30.9. The van der Waals surface area contributed by atoms with Crippen molar-refractivity contribution in [2.24, 2.45) is 11.5 Å². The van der Waals surface area contributed by atoms with Gasteiger partial charge in [-0.1, -0.05) is 6.42 Å². The molecule has 0 unspecified atom stereocenters. The van der Waals surface area contributed by atoms with E-state index in [2.05, 4.69) is 9.80 Å². The van der Waals surface area contributed by atoms with Gasteiger partial charge in [0.2, 0.25) is 0 Å². The highest BCUT2D eigenvalue weighted by molar-refractivity contribution is 5.95.